The number of hydrogen-bond donors (Lipinski definition) is 0. The van der Waals surface area contributed by atoms with Gasteiger partial charge in [-0.3, -0.25) is 0 Å². The van der Waals surface area contributed by atoms with Crippen LogP contribution in [0, 0.1) is 13.8 Å². The van der Waals surface area contributed by atoms with Crippen LogP contribution in [-0.4, -0.2) is 6.54 Å². The van der Waals surface area contributed by atoms with Gasteiger partial charge in [0.15, 0.2) is 0 Å². The minimum absolute atomic E-state index is 0.987. The van der Waals surface area contributed by atoms with E-state index in [1.807, 2.05) is 0 Å². The standard InChI is InChI=1S/C15H23N/c1-6-8-14(5)16(7-2)15-10-9-12(3)13(4)11-15/h9-11H,5-8H2,1-4H3. The smallest absolute Gasteiger partial charge is 0.0410 e. The van der Waals surface area contributed by atoms with Crippen LogP contribution in [0.2, 0.25) is 0 Å². The van der Waals surface area contributed by atoms with E-state index in [2.05, 4.69) is 57.4 Å². The zero-order valence-corrected chi connectivity index (χ0v) is 11.0. The molecule has 0 amide bonds. The monoisotopic (exact) mass is 217 g/mol. The summed E-state index contributed by atoms with van der Waals surface area (Å²) >= 11 is 0. The van der Waals surface area contributed by atoms with Gasteiger partial charge >= 0.3 is 0 Å². The van der Waals surface area contributed by atoms with Crippen molar-refractivity contribution in [3.8, 4) is 0 Å². The Labute approximate surface area is 99.8 Å². The first-order chi connectivity index (χ1) is 7.60. The summed E-state index contributed by atoms with van der Waals surface area (Å²) in [6.45, 7) is 13.8. The molecule has 0 unspecified atom stereocenters. The third kappa shape index (κ3) is 2.88. The lowest BCUT2D eigenvalue weighted by Crippen LogP contribution is -2.21. The second-order valence-corrected chi connectivity index (χ2v) is 4.33. The van der Waals surface area contributed by atoms with E-state index in [4.69, 9.17) is 0 Å². The van der Waals surface area contributed by atoms with Crippen molar-refractivity contribution in [2.24, 2.45) is 0 Å². The molecule has 0 radical (unpaired) electrons. The van der Waals surface area contributed by atoms with Crippen molar-refractivity contribution in [2.75, 3.05) is 11.4 Å². The molecule has 0 spiro atoms. The Hall–Kier alpha value is -1.24. The molecule has 0 bridgehead atoms. The van der Waals surface area contributed by atoms with Crippen LogP contribution in [0.3, 0.4) is 0 Å². The summed E-state index contributed by atoms with van der Waals surface area (Å²) in [7, 11) is 0. The number of rotatable bonds is 5. The fourth-order valence-electron chi connectivity index (χ4n) is 1.91. The zero-order valence-electron chi connectivity index (χ0n) is 11.0. The number of allylic oxidation sites excluding steroid dienone is 1. The summed E-state index contributed by atoms with van der Waals surface area (Å²) in [5, 5.41) is 0. The number of nitrogens with zero attached hydrogens (tertiary/aromatic N) is 1. The van der Waals surface area contributed by atoms with E-state index < -0.39 is 0 Å². The summed E-state index contributed by atoms with van der Waals surface area (Å²) in [5.41, 5.74) is 5.18. The number of hydrogen-bond acceptors (Lipinski definition) is 1. The van der Waals surface area contributed by atoms with Gasteiger partial charge in [0.25, 0.3) is 0 Å². The minimum Gasteiger partial charge on any atom is -0.346 e. The Balaban J connectivity index is 2.95. The lowest BCUT2D eigenvalue weighted by Gasteiger charge is -2.26. The summed E-state index contributed by atoms with van der Waals surface area (Å²) in [6, 6.07) is 6.62. The SMILES string of the molecule is C=C(CCC)N(CC)c1ccc(C)c(C)c1. The van der Waals surface area contributed by atoms with Crippen LogP contribution in [0.25, 0.3) is 0 Å². The number of benzene rings is 1. The van der Waals surface area contributed by atoms with Gasteiger partial charge in [-0.05, 0) is 50.5 Å². The van der Waals surface area contributed by atoms with Crippen molar-refractivity contribution in [1.29, 1.82) is 0 Å². The van der Waals surface area contributed by atoms with Gasteiger partial charge in [0.1, 0.15) is 0 Å². The Morgan fingerprint density at radius 1 is 1.19 bits per heavy atom. The van der Waals surface area contributed by atoms with Gasteiger partial charge in [-0.15, -0.1) is 0 Å². The molecule has 0 aromatic heterocycles. The summed E-state index contributed by atoms with van der Waals surface area (Å²) in [4.78, 5) is 2.30. The largest absolute Gasteiger partial charge is 0.346 e. The molecule has 0 fully saturated rings. The Morgan fingerprint density at radius 2 is 1.88 bits per heavy atom. The highest BCUT2D eigenvalue weighted by Gasteiger charge is 2.08. The molecule has 0 aliphatic heterocycles. The second-order valence-electron chi connectivity index (χ2n) is 4.33. The van der Waals surface area contributed by atoms with Crippen molar-refractivity contribution in [3.05, 3.63) is 41.6 Å². The van der Waals surface area contributed by atoms with Crippen LogP contribution in [0.5, 0.6) is 0 Å². The topological polar surface area (TPSA) is 3.24 Å². The fourth-order valence-corrected chi connectivity index (χ4v) is 1.91. The van der Waals surface area contributed by atoms with E-state index in [0.29, 0.717) is 0 Å². The lowest BCUT2D eigenvalue weighted by atomic mass is 10.1. The highest BCUT2D eigenvalue weighted by Crippen LogP contribution is 2.23. The number of aryl methyl sites for hydroxylation is 2. The molecule has 1 rings (SSSR count). The predicted octanol–water partition coefficient (Wildman–Crippen LogP) is 4.44. The summed E-state index contributed by atoms with van der Waals surface area (Å²) in [5.74, 6) is 0. The van der Waals surface area contributed by atoms with Crippen molar-refractivity contribution in [3.63, 3.8) is 0 Å². The van der Waals surface area contributed by atoms with Crippen molar-refractivity contribution in [2.45, 2.75) is 40.5 Å². The van der Waals surface area contributed by atoms with Crippen molar-refractivity contribution < 1.29 is 0 Å². The van der Waals surface area contributed by atoms with Gasteiger partial charge in [-0.2, -0.15) is 0 Å². The molecule has 16 heavy (non-hydrogen) atoms. The lowest BCUT2D eigenvalue weighted by molar-refractivity contribution is 0.828. The minimum atomic E-state index is 0.987. The first-order valence-corrected chi connectivity index (χ1v) is 6.12. The third-order valence-electron chi connectivity index (χ3n) is 3.04. The molecule has 1 aromatic rings. The van der Waals surface area contributed by atoms with Gasteiger partial charge in [-0.25, -0.2) is 0 Å². The zero-order chi connectivity index (χ0) is 12.1. The molecule has 0 aliphatic rings. The van der Waals surface area contributed by atoms with E-state index in [9.17, 15) is 0 Å². The Bertz CT molecular complexity index is 366. The maximum Gasteiger partial charge on any atom is 0.0410 e. The first kappa shape index (κ1) is 12.8. The van der Waals surface area contributed by atoms with E-state index in [1.165, 1.54) is 22.5 Å². The highest BCUT2D eigenvalue weighted by molar-refractivity contribution is 5.54. The maximum atomic E-state index is 4.17. The van der Waals surface area contributed by atoms with E-state index >= 15 is 0 Å². The predicted molar refractivity (Wildman–Crippen MR) is 73.0 cm³/mol. The molecule has 0 saturated heterocycles. The molecule has 0 atom stereocenters. The average Bonchev–Trinajstić information content (AvgIpc) is 2.25. The van der Waals surface area contributed by atoms with Gasteiger partial charge in [0, 0.05) is 17.9 Å². The molecule has 0 N–H and O–H groups in total. The molecule has 88 valence electrons. The summed E-state index contributed by atoms with van der Waals surface area (Å²) in [6.07, 6.45) is 2.22. The third-order valence-corrected chi connectivity index (χ3v) is 3.04. The van der Waals surface area contributed by atoms with Gasteiger partial charge < -0.3 is 4.90 Å². The molecule has 0 aliphatic carbocycles. The molecule has 0 heterocycles. The molecule has 1 nitrogen and oxygen atoms in total. The van der Waals surface area contributed by atoms with E-state index in [-0.39, 0.29) is 0 Å². The van der Waals surface area contributed by atoms with Crippen molar-refractivity contribution >= 4 is 5.69 Å². The number of anilines is 1. The van der Waals surface area contributed by atoms with Crippen LogP contribution < -0.4 is 4.90 Å². The van der Waals surface area contributed by atoms with Crippen molar-refractivity contribution in [1.82, 2.24) is 0 Å². The van der Waals surface area contributed by atoms with Crippen LogP contribution in [0.15, 0.2) is 30.5 Å². The molecule has 0 saturated carbocycles. The maximum absolute atomic E-state index is 4.17. The molecule has 1 aromatic carbocycles. The fraction of sp³-hybridized carbons (Fsp3) is 0.467. The van der Waals surface area contributed by atoms with Gasteiger partial charge in [-0.1, -0.05) is 26.0 Å². The molecular weight excluding hydrogens is 194 g/mol. The van der Waals surface area contributed by atoms with Gasteiger partial charge in [0.2, 0.25) is 0 Å². The van der Waals surface area contributed by atoms with E-state index in [1.54, 1.807) is 0 Å². The van der Waals surface area contributed by atoms with E-state index in [0.717, 1.165) is 19.4 Å². The second kappa shape index (κ2) is 5.74. The van der Waals surface area contributed by atoms with Crippen LogP contribution in [0.4, 0.5) is 5.69 Å². The Morgan fingerprint density at radius 3 is 2.38 bits per heavy atom. The van der Waals surface area contributed by atoms with Crippen LogP contribution in [-0.2, 0) is 0 Å². The molecule has 1 heteroatoms. The summed E-state index contributed by atoms with van der Waals surface area (Å²) < 4.78 is 0. The van der Waals surface area contributed by atoms with Crippen LogP contribution >= 0.6 is 0 Å². The van der Waals surface area contributed by atoms with Crippen LogP contribution in [0.1, 0.15) is 37.8 Å². The van der Waals surface area contributed by atoms with Gasteiger partial charge in [0.05, 0.1) is 0 Å². The normalized spacial score (nSPS) is 10.2. The average molecular weight is 217 g/mol. The highest BCUT2D eigenvalue weighted by atomic mass is 15.1. The quantitative estimate of drug-likeness (QED) is 0.704. The molecular formula is C15H23N. The Kier molecular flexibility index (Phi) is 4.60. The first-order valence-electron chi connectivity index (χ1n) is 6.12.